The third-order valence-electron chi connectivity index (χ3n) is 0.960. The summed E-state index contributed by atoms with van der Waals surface area (Å²) in [5.74, 6) is 0. The summed E-state index contributed by atoms with van der Waals surface area (Å²) < 4.78 is 5.37. The molecule has 1 unspecified atom stereocenters. The summed E-state index contributed by atoms with van der Waals surface area (Å²) in [6.45, 7) is 6.31. The van der Waals surface area contributed by atoms with Crippen molar-refractivity contribution in [2.45, 2.75) is 39.1 Å². The molecule has 0 spiro atoms. The normalized spacial score (nSPS) is 14.3. The van der Waals surface area contributed by atoms with E-state index in [1.165, 1.54) is 0 Å². The Bertz CT molecular complexity index is 68.1. The minimum atomic E-state index is -0.581. The third kappa shape index (κ3) is 6.02. The summed E-state index contributed by atoms with van der Waals surface area (Å²) >= 11 is 0. The first-order valence-corrected chi connectivity index (χ1v) is 5.80. The van der Waals surface area contributed by atoms with E-state index >= 15 is 0 Å². The molecule has 0 aliphatic heterocycles. The van der Waals surface area contributed by atoms with Crippen molar-refractivity contribution in [3.63, 3.8) is 0 Å². The highest BCUT2D eigenvalue weighted by Gasteiger charge is 2.03. The molecule has 0 aromatic carbocycles. The monoisotopic (exact) mass is 146 g/mol. The first-order valence-electron chi connectivity index (χ1n) is 3.39. The Morgan fingerprint density at radius 3 is 2.44 bits per heavy atom. The fourth-order valence-electron chi connectivity index (χ4n) is 0.646. The van der Waals surface area contributed by atoms with E-state index in [9.17, 15) is 0 Å². The van der Waals surface area contributed by atoms with Gasteiger partial charge >= 0.3 is 0 Å². The lowest BCUT2D eigenvalue weighted by molar-refractivity contribution is 0.201. The zero-order valence-electron chi connectivity index (χ0n) is 6.48. The summed E-state index contributed by atoms with van der Waals surface area (Å²) in [5, 5.41) is 0. The minimum absolute atomic E-state index is 0.0149. The van der Waals surface area contributed by atoms with E-state index in [2.05, 4.69) is 20.0 Å². The summed E-state index contributed by atoms with van der Waals surface area (Å²) in [7, 11) is -0.581. The van der Waals surface area contributed by atoms with Crippen LogP contribution in [0.2, 0.25) is 13.1 Å². The average Bonchev–Trinajstić information content (AvgIpc) is 1.63. The van der Waals surface area contributed by atoms with Crippen molar-refractivity contribution >= 4 is 9.04 Å². The molecule has 0 saturated carbocycles. The van der Waals surface area contributed by atoms with Gasteiger partial charge in [-0.2, -0.15) is 0 Å². The second-order valence-electron chi connectivity index (χ2n) is 2.35. The second kappa shape index (κ2) is 4.96. The smallest absolute Gasteiger partial charge is 0.207 e. The predicted molar refractivity (Wildman–Crippen MR) is 41.5 cm³/mol. The maximum Gasteiger partial charge on any atom is 0.207 e. The van der Waals surface area contributed by atoms with E-state index in [1.807, 2.05) is 0 Å². The summed E-state index contributed by atoms with van der Waals surface area (Å²) in [5.41, 5.74) is 5.59. The van der Waals surface area contributed by atoms with E-state index in [0.29, 0.717) is 0 Å². The Hall–Kier alpha value is 0.137. The lowest BCUT2D eigenvalue weighted by Crippen LogP contribution is -2.28. The molecule has 0 aromatic rings. The standard InChI is InChI=1S/C6H16NOSi/c1-4-5-6(7)8-9(2)3/h6H,4-5,7H2,1-3H3. The van der Waals surface area contributed by atoms with E-state index in [-0.39, 0.29) is 6.23 Å². The van der Waals surface area contributed by atoms with Crippen LogP contribution in [0.3, 0.4) is 0 Å². The van der Waals surface area contributed by atoms with Crippen LogP contribution in [0.25, 0.3) is 0 Å². The van der Waals surface area contributed by atoms with Crippen LogP contribution in [0.1, 0.15) is 19.8 Å². The molecule has 0 saturated heterocycles. The molecule has 0 bridgehead atoms. The maximum absolute atomic E-state index is 5.59. The van der Waals surface area contributed by atoms with E-state index in [0.717, 1.165) is 12.8 Å². The molecule has 1 atom stereocenters. The van der Waals surface area contributed by atoms with Gasteiger partial charge in [0.05, 0.1) is 6.23 Å². The van der Waals surface area contributed by atoms with Gasteiger partial charge in [0.1, 0.15) is 0 Å². The lowest BCUT2D eigenvalue weighted by Gasteiger charge is -2.13. The number of rotatable bonds is 4. The molecule has 55 valence electrons. The SMILES string of the molecule is CCCC(N)O[Si](C)C. The molecule has 1 radical (unpaired) electrons. The average molecular weight is 146 g/mol. The van der Waals surface area contributed by atoms with Crippen molar-refractivity contribution in [2.75, 3.05) is 0 Å². The Morgan fingerprint density at radius 1 is 1.56 bits per heavy atom. The molecular formula is C6H16NOSi. The number of nitrogens with two attached hydrogens (primary N) is 1. The van der Waals surface area contributed by atoms with Gasteiger partial charge in [-0.05, 0) is 19.5 Å². The van der Waals surface area contributed by atoms with Gasteiger partial charge in [0, 0.05) is 0 Å². The molecule has 0 fully saturated rings. The van der Waals surface area contributed by atoms with Crippen LogP contribution in [0.4, 0.5) is 0 Å². The summed E-state index contributed by atoms with van der Waals surface area (Å²) in [6, 6.07) is 0. The zero-order chi connectivity index (χ0) is 7.28. The van der Waals surface area contributed by atoms with Crippen LogP contribution in [0, 0.1) is 0 Å². The molecule has 0 aliphatic carbocycles. The van der Waals surface area contributed by atoms with Gasteiger partial charge in [0.2, 0.25) is 9.04 Å². The van der Waals surface area contributed by atoms with E-state index in [4.69, 9.17) is 10.2 Å². The number of hydrogen-bond donors (Lipinski definition) is 1. The topological polar surface area (TPSA) is 35.2 Å². The molecule has 2 N–H and O–H groups in total. The van der Waals surface area contributed by atoms with Crippen molar-refractivity contribution in [2.24, 2.45) is 5.73 Å². The van der Waals surface area contributed by atoms with Crippen molar-refractivity contribution in [3.8, 4) is 0 Å². The van der Waals surface area contributed by atoms with E-state index in [1.54, 1.807) is 0 Å². The second-order valence-corrected chi connectivity index (χ2v) is 4.41. The van der Waals surface area contributed by atoms with Crippen LogP contribution < -0.4 is 5.73 Å². The van der Waals surface area contributed by atoms with E-state index < -0.39 is 9.04 Å². The Balaban J connectivity index is 3.15. The molecule has 0 aliphatic rings. The Morgan fingerprint density at radius 2 is 2.11 bits per heavy atom. The lowest BCUT2D eigenvalue weighted by atomic mass is 10.3. The van der Waals surface area contributed by atoms with Crippen molar-refractivity contribution in [1.29, 1.82) is 0 Å². The van der Waals surface area contributed by atoms with Crippen LogP contribution >= 0.6 is 0 Å². The highest BCUT2D eigenvalue weighted by Crippen LogP contribution is 1.96. The molecule has 0 rings (SSSR count). The van der Waals surface area contributed by atoms with Crippen molar-refractivity contribution in [3.05, 3.63) is 0 Å². The molecule has 3 heteroatoms. The fraction of sp³-hybridized carbons (Fsp3) is 1.00. The highest BCUT2D eigenvalue weighted by atomic mass is 28.3. The van der Waals surface area contributed by atoms with Gasteiger partial charge in [0.25, 0.3) is 0 Å². The third-order valence-corrected chi connectivity index (χ3v) is 1.73. The molecule has 0 heterocycles. The Labute approximate surface area is 59.1 Å². The largest absolute Gasteiger partial charge is 0.402 e. The fourth-order valence-corrected chi connectivity index (χ4v) is 1.37. The van der Waals surface area contributed by atoms with Crippen molar-refractivity contribution < 1.29 is 4.43 Å². The van der Waals surface area contributed by atoms with Gasteiger partial charge in [-0.25, -0.2) is 0 Å². The van der Waals surface area contributed by atoms with Crippen LogP contribution in [-0.4, -0.2) is 15.3 Å². The Kier molecular flexibility index (Phi) is 5.04. The predicted octanol–water partition coefficient (Wildman–Crippen LogP) is 1.34. The van der Waals surface area contributed by atoms with Gasteiger partial charge in [-0.1, -0.05) is 13.3 Å². The molecule has 0 aromatic heterocycles. The summed E-state index contributed by atoms with van der Waals surface area (Å²) in [6.07, 6.45) is 2.07. The maximum atomic E-state index is 5.59. The molecule has 0 amide bonds. The minimum Gasteiger partial charge on any atom is -0.402 e. The van der Waals surface area contributed by atoms with Crippen molar-refractivity contribution in [1.82, 2.24) is 0 Å². The quantitative estimate of drug-likeness (QED) is 0.480. The van der Waals surface area contributed by atoms with Crippen LogP contribution in [-0.2, 0) is 4.43 Å². The van der Waals surface area contributed by atoms with Gasteiger partial charge in [-0.3, -0.25) is 0 Å². The van der Waals surface area contributed by atoms with Crippen LogP contribution in [0.15, 0.2) is 0 Å². The first kappa shape index (κ1) is 9.14. The molecule has 9 heavy (non-hydrogen) atoms. The molecule has 2 nitrogen and oxygen atoms in total. The van der Waals surface area contributed by atoms with Crippen LogP contribution in [0.5, 0.6) is 0 Å². The zero-order valence-corrected chi connectivity index (χ0v) is 7.48. The first-order chi connectivity index (χ1) is 4.16. The van der Waals surface area contributed by atoms with Gasteiger partial charge < -0.3 is 10.2 Å². The van der Waals surface area contributed by atoms with Gasteiger partial charge in [0.15, 0.2) is 0 Å². The summed E-state index contributed by atoms with van der Waals surface area (Å²) in [4.78, 5) is 0. The number of hydrogen-bond acceptors (Lipinski definition) is 2. The highest BCUT2D eigenvalue weighted by molar-refractivity contribution is 6.48. The molecular weight excluding hydrogens is 130 g/mol. The van der Waals surface area contributed by atoms with Gasteiger partial charge in [-0.15, -0.1) is 0 Å².